The van der Waals surface area contributed by atoms with Crippen molar-refractivity contribution in [1.29, 1.82) is 0 Å². The summed E-state index contributed by atoms with van der Waals surface area (Å²) >= 11 is 12.5. The predicted molar refractivity (Wildman–Crippen MR) is 116 cm³/mol. The Morgan fingerprint density at radius 1 is 1.04 bits per heavy atom. The van der Waals surface area contributed by atoms with Crippen molar-refractivity contribution >= 4 is 40.4 Å². The zero-order valence-electron chi connectivity index (χ0n) is 15.1. The van der Waals surface area contributed by atoms with E-state index in [4.69, 9.17) is 28.2 Å². The van der Waals surface area contributed by atoms with Crippen molar-refractivity contribution in [3.63, 3.8) is 0 Å². The van der Waals surface area contributed by atoms with Gasteiger partial charge in [0, 0.05) is 39.3 Å². The number of pyridine rings is 1. The number of nitrogens with one attached hydrogen (secondary N) is 1. The summed E-state index contributed by atoms with van der Waals surface area (Å²) in [5, 5.41) is 4.68. The van der Waals surface area contributed by atoms with Crippen LogP contribution in [0.15, 0.2) is 72.5 Å². The molecule has 1 heterocycles. The van der Waals surface area contributed by atoms with Crippen LogP contribution in [0.4, 0.5) is 5.69 Å². The average molecular weight is 396 g/mol. The van der Waals surface area contributed by atoms with Crippen molar-refractivity contribution in [2.24, 2.45) is 4.99 Å². The molecular formula is C22H19Cl2N3. The summed E-state index contributed by atoms with van der Waals surface area (Å²) in [5.41, 5.74) is 5.23. The van der Waals surface area contributed by atoms with Gasteiger partial charge in [-0.25, -0.2) is 4.99 Å². The van der Waals surface area contributed by atoms with Crippen LogP contribution in [0.3, 0.4) is 0 Å². The van der Waals surface area contributed by atoms with Gasteiger partial charge in [-0.15, -0.1) is 0 Å². The largest absolute Gasteiger partial charge is 0.340 e. The maximum atomic E-state index is 6.27. The Morgan fingerprint density at radius 3 is 2.52 bits per heavy atom. The zero-order chi connectivity index (χ0) is 19.4. The molecule has 136 valence electrons. The minimum atomic E-state index is 0.600. The normalized spacial score (nSPS) is 11.3. The summed E-state index contributed by atoms with van der Waals surface area (Å²) in [7, 11) is 0. The number of aromatic nitrogens is 1. The molecule has 0 aliphatic rings. The number of hydrogen-bond donors (Lipinski definition) is 1. The molecule has 0 saturated heterocycles. The highest BCUT2D eigenvalue weighted by Gasteiger charge is 2.11. The van der Waals surface area contributed by atoms with Crippen molar-refractivity contribution in [3.05, 3.63) is 99.8 Å². The van der Waals surface area contributed by atoms with Crippen LogP contribution in [0, 0.1) is 13.8 Å². The second-order valence-corrected chi connectivity index (χ2v) is 7.04. The standard InChI is InChI=1S/C22H19Cl2N3/c1-14-6-8-18(23)11-20(14)22(26-16(3)17-5-4-10-25-13-17)27-19-9-7-15(2)21(24)12-19/h4-13H,3H2,1-2H3,(H,26,27). The molecule has 0 amide bonds. The summed E-state index contributed by atoms with van der Waals surface area (Å²) in [6, 6.07) is 15.3. The molecule has 0 bridgehead atoms. The number of anilines is 1. The average Bonchev–Trinajstić information content (AvgIpc) is 2.67. The van der Waals surface area contributed by atoms with Gasteiger partial charge in [-0.2, -0.15) is 0 Å². The number of amidine groups is 1. The lowest BCUT2D eigenvalue weighted by Crippen LogP contribution is -2.15. The van der Waals surface area contributed by atoms with Crippen LogP contribution < -0.4 is 5.32 Å². The van der Waals surface area contributed by atoms with Gasteiger partial charge < -0.3 is 5.32 Å². The van der Waals surface area contributed by atoms with E-state index in [0.717, 1.165) is 27.9 Å². The molecule has 0 atom stereocenters. The van der Waals surface area contributed by atoms with Crippen LogP contribution in [0.5, 0.6) is 0 Å². The first-order chi connectivity index (χ1) is 12.9. The van der Waals surface area contributed by atoms with Gasteiger partial charge in [0.25, 0.3) is 0 Å². The maximum absolute atomic E-state index is 6.27. The van der Waals surface area contributed by atoms with E-state index in [0.29, 0.717) is 21.6 Å². The van der Waals surface area contributed by atoms with Gasteiger partial charge in [0.2, 0.25) is 0 Å². The molecule has 2 aromatic carbocycles. The molecule has 0 aliphatic carbocycles. The molecule has 27 heavy (non-hydrogen) atoms. The van der Waals surface area contributed by atoms with Crippen LogP contribution in [-0.4, -0.2) is 10.8 Å². The molecule has 1 N–H and O–H groups in total. The van der Waals surface area contributed by atoms with Crippen LogP contribution >= 0.6 is 23.2 Å². The SMILES string of the molecule is C=C(N=C(Nc1ccc(C)c(Cl)c1)c1cc(Cl)ccc1C)c1cccnc1. The number of benzene rings is 2. The lowest BCUT2D eigenvalue weighted by Gasteiger charge is -2.15. The van der Waals surface area contributed by atoms with Gasteiger partial charge in [0.05, 0.1) is 5.70 Å². The third-order valence-electron chi connectivity index (χ3n) is 4.13. The fraction of sp³-hybridized carbons (Fsp3) is 0.0909. The van der Waals surface area contributed by atoms with E-state index in [1.165, 1.54) is 0 Å². The Bertz CT molecular complexity index is 1010. The van der Waals surface area contributed by atoms with Crippen molar-refractivity contribution < 1.29 is 0 Å². The van der Waals surface area contributed by atoms with Crippen LogP contribution in [-0.2, 0) is 0 Å². The third-order valence-corrected chi connectivity index (χ3v) is 4.77. The molecule has 1 aromatic heterocycles. The molecule has 3 nitrogen and oxygen atoms in total. The van der Waals surface area contributed by atoms with E-state index in [-0.39, 0.29) is 0 Å². The smallest absolute Gasteiger partial charge is 0.138 e. The van der Waals surface area contributed by atoms with E-state index < -0.39 is 0 Å². The van der Waals surface area contributed by atoms with Gasteiger partial charge in [0.15, 0.2) is 0 Å². The van der Waals surface area contributed by atoms with Crippen molar-refractivity contribution in [2.75, 3.05) is 5.32 Å². The van der Waals surface area contributed by atoms with E-state index in [9.17, 15) is 0 Å². The summed E-state index contributed by atoms with van der Waals surface area (Å²) < 4.78 is 0. The van der Waals surface area contributed by atoms with Crippen LogP contribution in [0.1, 0.15) is 22.3 Å². The van der Waals surface area contributed by atoms with Crippen LogP contribution in [0.2, 0.25) is 10.0 Å². The first-order valence-electron chi connectivity index (χ1n) is 8.42. The highest BCUT2D eigenvalue weighted by molar-refractivity contribution is 6.32. The minimum Gasteiger partial charge on any atom is -0.340 e. The molecule has 3 rings (SSSR count). The Hall–Kier alpha value is -2.62. The second kappa shape index (κ2) is 8.38. The number of nitrogens with zero attached hydrogens (tertiary/aromatic N) is 2. The van der Waals surface area contributed by atoms with E-state index >= 15 is 0 Å². The van der Waals surface area contributed by atoms with E-state index in [1.54, 1.807) is 12.4 Å². The Balaban J connectivity index is 2.05. The quantitative estimate of drug-likeness (QED) is 0.402. The van der Waals surface area contributed by atoms with Gasteiger partial charge in [0.1, 0.15) is 5.84 Å². The van der Waals surface area contributed by atoms with Crippen molar-refractivity contribution in [2.45, 2.75) is 13.8 Å². The molecule has 3 aromatic rings. The molecule has 0 fully saturated rings. The maximum Gasteiger partial charge on any atom is 0.138 e. The molecule has 0 spiro atoms. The number of aliphatic imine (C=N–C) groups is 1. The lowest BCUT2D eigenvalue weighted by atomic mass is 10.1. The highest BCUT2D eigenvalue weighted by atomic mass is 35.5. The molecule has 0 saturated carbocycles. The molecule has 0 radical (unpaired) electrons. The summed E-state index contributed by atoms with van der Waals surface area (Å²) in [6.07, 6.45) is 3.45. The van der Waals surface area contributed by atoms with Gasteiger partial charge in [-0.05, 0) is 61.4 Å². The van der Waals surface area contributed by atoms with Gasteiger partial charge >= 0.3 is 0 Å². The molecule has 0 aliphatic heterocycles. The summed E-state index contributed by atoms with van der Waals surface area (Å²) in [6.45, 7) is 8.07. The molecule has 0 unspecified atom stereocenters. The minimum absolute atomic E-state index is 0.600. The first-order valence-corrected chi connectivity index (χ1v) is 9.17. The van der Waals surface area contributed by atoms with Gasteiger partial charge in [-0.1, -0.05) is 41.9 Å². The fourth-order valence-corrected chi connectivity index (χ4v) is 2.90. The van der Waals surface area contributed by atoms with Gasteiger partial charge in [-0.3, -0.25) is 4.98 Å². The van der Waals surface area contributed by atoms with Crippen molar-refractivity contribution in [1.82, 2.24) is 4.98 Å². The van der Waals surface area contributed by atoms with E-state index in [2.05, 4.69) is 16.9 Å². The third kappa shape index (κ3) is 4.76. The van der Waals surface area contributed by atoms with Crippen molar-refractivity contribution in [3.8, 4) is 0 Å². The number of aryl methyl sites for hydroxylation is 2. The summed E-state index contributed by atoms with van der Waals surface area (Å²) in [4.78, 5) is 8.87. The molecule has 5 heteroatoms. The first kappa shape index (κ1) is 19.2. The fourth-order valence-electron chi connectivity index (χ4n) is 2.55. The lowest BCUT2D eigenvalue weighted by molar-refractivity contribution is 1.30. The Labute approximate surface area is 169 Å². The Kier molecular flexibility index (Phi) is 5.94. The predicted octanol–water partition coefficient (Wildman–Crippen LogP) is 6.53. The Morgan fingerprint density at radius 2 is 1.81 bits per heavy atom. The van der Waals surface area contributed by atoms with Crippen LogP contribution in [0.25, 0.3) is 5.70 Å². The highest BCUT2D eigenvalue weighted by Crippen LogP contribution is 2.24. The number of hydrogen-bond acceptors (Lipinski definition) is 2. The monoisotopic (exact) mass is 395 g/mol. The summed E-state index contributed by atoms with van der Waals surface area (Å²) in [5.74, 6) is 0.642. The zero-order valence-corrected chi connectivity index (χ0v) is 16.6. The topological polar surface area (TPSA) is 37.3 Å². The number of halogens is 2. The van der Waals surface area contributed by atoms with E-state index in [1.807, 2.05) is 62.4 Å². The second-order valence-electron chi connectivity index (χ2n) is 6.20. The molecular weight excluding hydrogens is 377 g/mol. The number of rotatable bonds is 4.